The fraction of sp³-hybridized carbons (Fsp3) is 0.143. The van der Waals surface area contributed by atoms with E-state index in [4.69, 9.17) is 11.6 Å². The maximum atomic E-state index is 11.5. The van der Waals surface area contributed by atoms with Gasteiger partial charge in [-0.05, 0) is 42.0 Å². The minimum absolute atomic E-state index is 0.299. The largest absolute Gasteiger partial charge is 0.381 e. The van der Waals surface area contributed by atoms with Crippen LogP contribution in [0, 0.1) is 0 Å². The van der Waals surface area contributed by atoms with Crippen LogP contribution in [0.3, 0.4) is 0 Å². The molecule has 0 saturated heterocycles. The van der Waals surface area contributed by atoms with Crippen LogP contribution in [0.5, 0.6) is 0 Å². The van der Waals surface area contributed by atoms with Crippen molar-refractivity contribution in [1.29, 1.82) is 0 Å². The second-order valence-electron chi connectivity index (χ2n) is 4.39. The Bertz CT molecular complexity index is 732. The van der Waals surface area contributed by atoms with Gasteiger partial charge in [-0.15, -0.1) is 0 Å². The van der Waals surface area contributed by atoms with Crippen LogP contribution >= 0.6 is 27.5 Å². The lowest BCUT2D eigenvalue weighted by Crippen LogP contribution is -2.02. The van der Waals surface area contributed by atoms with E-state index in [1.54, 1.807) is 24.3 Å². The van der Waals surface area contributed by atoms with Crippen molar-refractivity contribution in [2.75, 3.05) is 11.6 Å². The Labute approximate surface area is 132 Å². The zero-order valence-electron chi connectivity index (χ0n) is 10.7. The van der Waals surface area contributed by atoms with E-state index < -0.39 is 9.84 Å². The Hall–Kier alpha value is -1.04. The first-order valence-electron chi connectivity index (χ1n) is 5.84. The predicted octanol–water partition coefficient (Wildman–Crippen LogP) is 4.12. The summed E-state index contributed by atoms with van der Waals surface area (Å²) in [6.07, 6.45) is 1.19. The second-order valence-corrected chi connectivity index (χ2v) is 7.70. The van der Waals surface area contributed by atoms with Gasteiger partial charge in [-0.25, -0.2) is 8.42 Å². The van der Waals surface area contributed by atoms with Crippen molar-refractivity contribution < 1.29 is 8.42 Å². The van der Waals surface area contributed by atoms with Crippen LogP contribution in [0.4, 0.5) is 5.69 Å². The highest BCUT2D eigenvalue weighted by Crippen LogP contribution is 2.23. The van der Waals surface area contributed by atoms with E-state index in [9.17, 15) is 8.42 Å². The summed E-state index contributed by atoms with van der Waals surface area (Å²) in [4.78, 5) is 0.299. The number of anilines is 1. The third-order valence-electron chi connectivity index (χ3n) is 2.75. The molecule has 0 aliphatic rings. The van der Waals surface area contributed by atoms with E-state index in [-0.39, 0.29) is 0 Å². The molecule has 0 fully saturated rings. The SMILES string of the molecule is CS(=O)(=O)c1cccc(NCc2cc(Cl)ccc2Br)c1. The van der Waals surface area contributed by atoms with Crippen molar-refractivity contribution in [3.63, 3.8) is 0 Å². The highest BCUT2D eigenvalue weighted by molar-refractivity contribution is 9.10. The number of hydrogen-bond donors (Lipinski definition) is 1. The van der Waals surface area contributed by atoms with Crippen LogP contribution in [0.1, 0.15) is 5.56 Å². The minimum Gasteiger partial charge on any atom is -0.381 e. The number of benzene rings is 2. The summed E-state index contributed by atoms with van der Waals surface area (Å²) in [6.45, 7) is 0.550. The van der Waals surface area contributed by atoms with Crippen molar-refractivity contribution in [1.82, 2.24) is 0 Å². The molecule has 2 aromatic carbocycles. The van der Waals surface area contributed by atoms with Gasteiger partial charge in [0, 0.05) is 28.0 Å². The summed E-state index contributed by atoms with van der Waals surface area (Å²) in [5.41, 5.74) is 1.75. The van der Waals surface area contributed by atoms with Gasteiger partial charge >= 0.3 is 0 Å². The fourth-order valence-electron chi connectivity index (χ4n) is 1.71. The minimum atomic E-state index is -3.19. The molecule has 1 N–H and O–H groups in total. The van der Waals surface area contributed by atoms with Gasteiger partial charge in [0.25, 0.3) is 0 Å². The predicted molar refractivity (Wildman–Crippen MR) is 86.0 cm³/mol. The molecule has 0 aliphatic carbocycles. The lowest BCUT2D eigenvalue weighted by Gasteiger charge is -2.09. The molecule has 0 amide bonds. The smallest absolute Gasteiger partial charge is 0.175 e. The average Bonchev–Trinajstić information content (AvgIpc) is 2.39. The van der Waals surface area contributed by atoms with Gasteiger partial charge in [0.2, 0.25) is 0 Å². The maximum absolute atomic E-state index is 11.5. The van der Waals surface area contributed by atoms with Crippen LogP contribution in [-0.4, -0.2) is 14.7 Å². The lowest BCUT2D eigenvalue weighted by molar-refractivity contribution is 0.602. The Morgan fingerprint density at radius 3 is 2.65 bits per heavy atom. The zero-order chi connectivity index (χ0) is 14.8. The van der Waals surface area contributed by atoms with Crippen LogP contribution in [0.2, 0.25) is 5.02 Å². The number of rotatable bonds is 4. The molecule has 0 bridgehead atoms. The van der Waals surface area contributed by atoms with Crippen LogP contribution in [0.25, 0.3) is 0 Å². The van der Waals surface area contributed by atoms with Crippen molar-refractivity contribution in [2.45, 2.75) is 11.4 Å². The molecule has 3 nitrogen and oxygen atoms in total. The molecular formula is C14H13BrClNO2S. The second kappa shape index (κ2) is 6.16. The maximum Gasteiger partial charge on any atom is 0.175 e. The number of sulfone groups is 1. The first-order valence-corrected chi connectivity index (χ1v) is 8.90. The van der Waals surface area contributed by atoms with Crippen molar-refractivity contribution >= 4 is 43.1 Å². The van der Waals surface area contributed by atoms with E-state index in [1.165, 1.54) is 6.26 Å². The number of hydrogen-bond acceptors (Lipinski definition) is 3. The van der Waals surface area contributed by atoms with Crippen LogP contribution < -0.4 is 5.32 Å². The van der Waals surface area contributed by atoms with Crippen LogP contribution in [0.15, 0.2) is 51.8 Å². The summed E-state index contributed by atoms with van der Waals surface area (Å²) in [7, 11) is -3.19. The summed E-state index contributed by atoms with van der Waals surface area (Å²) < 4.78 is 24.0. The van der Waals surface area contributed by atoms with Crippen molar-refractivity contribution in [3.05, 3.63) is 57.5 Å². The molecule has 6 heteroatoms. The van der Waals surface area contributed by atoms with Gasteiger partial charge in [-0.1, -0.05) is 33.6 Å². The molecule has 20 heavy (non-hydrogen) atoms. The first-order chi connectivity index (χ1) is 9.36. The molecule has 2 rings (SSSR count). The fourth-order valence-corrected chi connectivity index (χ4v) is 2.96. The molecule has 0 aliphatic heterocycles. The standard InChI is InChI=1S/C14H13BrClNO2S/c1-20(18,19)13-4-2-3-12(8-13)17-9-10-7-11(16)5-6-14(10)15/h2-8,17H,9H2,1H3. The van der Waals surface area contributed by atoms with E-state index >= 15 is 0 Å². The highest BCUT2D eigenvalue weighted by atomic mass is 79.9. The van der Waals surface area contributed by atoms with Gasteiger partial charge < -0.3 is 5.32 Å². The van der Waals surface area contributed by atoms with Gasteiger partial charge in [-0.3, -0.25) is 0 Å². The van der Waals surface area contributed by atoms with Crippen LogP contribution in [-0.2, 0) is 16.4 Å². The Kier molecular flexibility index (Phi) is 4.73. The summed E-state index contributed by atoms with van der Waals surface area (Å²) in [5.74, 6) is 0. The summed E-state index contributed by atoms with van der Waals surface area (Å²) in [5, 5.41) is 3.85. The zero-order valence-corrected chi connectivity index (χ0v) is 13.9. The molecule has 0 spiro atoms. The summed E-state index contributed by atoms with van der Waals surface area (Å²) >= 11 is 9.41. The highest BCUT2D eigenvalue weighted by Gasteiger charge is 2.07. The lowest BCUT2D eigenvalue weighted by atomic mass is 10.2. The molecule has 2 aromatic rings. The molecule has 0 saturated carbocycles. The Balaban J connectivity index is 2.17. The first kappa shape index (κ1) is 15.4. The van der Waals surface area contributed by atoms with E-state index in [1.807, 2.05) is 18.2 Å². The molecule has 0 atom stereocenters. The number of halogens is 2. The Morgan fingerprint density at radius 2 is 1.95 bits per heavy atom. The number of nitrogens with one attached hydrogen (secondary N) is 1. The quantitative estimate of drug-likeness (QED) is 0.875. The monoisotopic (exact) mass is 373 g/mol. The molecule has 0 aromatic heterocycles. The van der Waals surface area contributed by atoms with E-state index in [0.29, 0.717) is 16.5 Å². The topological polar surface area (TPSA) is 46.2 Å². The van der Waals surface area contributed by atoms with Gasteiger partial charge in [0.05, 0.1) is 4.90 Å². The molecular weight excluding hydrogens is 362 g/mol. The van der Waals surface area contributed by atoms with E-state index in [0.717, 1.165) is 15.7 Å². The average molecular weight is 375 g/mol. The molecule has 0 unspecified atom stereocenters. The molecule has 0 heterocycles. The third-order valence-corrected chi connectivity index (χ3v) is 4.87. The normalized spacial score (nSPS) is 11.3. The third kappa shape index (κ3) is 3.98. The Morgan fingerprint density at radius 1 is 1.20 bits per heavy atom. The summed E-state index contributed by atoms with van der Waals surface area (Å²) in [6, 6.07) is 12.3. The van der Waals surface area contributed by atoms with Gasteiger partial charge in [-0.2, -0.15) is 0 Å². The van der Waals surface area contributed by atoms with E-state index in [2.05, 4.69) is 21.2 Å². The molecule has 0 radical (unpaired) electrons. The van der Waals surface area contributed by atoms with Crippen molar-refractivity contribution in [2.24, 2.45) is 0 Å². The van der Waals surface area contributed by atoms with Gasteiger partial charge in [0.15, 0.2) is 9.84 Å². The molecule has 106 valence electrons. The van der Waals surface area contributed by atoms with Gasteiger partial charge in [0.1, 0.15) is 0 Å². The van der Waals surface area contributed by atoms with Crippen molar-refractivity contribution in [3.8, 4) is 0 Å².